The predicted octanol–water partition coefficient (Wildman–Crippen LogP) is 4.51. The van der Waals surface area contributed by atoms with Crippen LogP contribution in [0, 0.1) is 23.2 Å². The van der Waals surface area contributed by atoms with Crippen LogP contribution in [0.1, 0.15) is 65.5 Å². The summed E-state index contributed by atoms with van der Waals surface area (Å²) in [6, 6.07) is 9.57. The van der Waals surface area contributed by atoms with E-state index in [2.05, 4.69) is 33.0 Å². The van der Waals surface area contributed by atoms with Crippen molar-refractivity contribution < 1.29 is 14.3 Å². The van der Waals surface area contributed by atoms with Gasteiger partial charge in [0.1, 0.15) is 6.10 Å². The van der Waals surface area contributed by atoms with Gasteiger partial charge in [-0.15, -0.1) is 0 Å². The molecule has 3 atom stereocenters. The molecule has 0 radical (unpaired) electrons. The van der Waals surface area contributed by atoms with Crippen molar-refractivity contribution in [2.24, 2.45) is 23.2 Å². The van der Waals surface area contributed by atoms with Gasteiger partial charge in [0.05, 0.1) is 6.54 Å². The molecule has 0 aromatic heterocycles. The standard InChI is InChI=1S/C22H33NO3/c1-15(2)18-11-12-22(4,5)13-19(18)21(25)23-14-20(26-16(3)24)17-9-7-6-8-10-17/h6-10,15,18-20H,11-14H2,1-5H3,(H,23,25)/t18-,19?,20?/m1/s1. The van der Waals surface area contributed by atoms with Crippen LogP contribution in [0.4, 0.5) is 0 Å². The van der Waals surface area contributed by atoms with Crippen LogP contribution in [0.3, 0.4) is 0 Å². The number of esters is 1. The molecule has 0 bridgehead atoms. The maximum atomic E-state index is 13.0. The summed E-state index contributed by atoms with van der Waals surface area (Å²) in [5.41, 5.74) is 1.09. The molecule has 1 saturated carbocycles. The van der Waals surface area contributed by atoms with Gasteiger partial charge in [-0.1, -0.05) is 58.0 Å². The van der Waals surface area contributed by atoms with Crippen LogP contribution in [0.2, 0.25) is 0 Å². The van der Waals surface area contributed by atoms with E-state index >= 15 is 0 Å². The first kappa shape index (κ1) is 20.5. The van der Waals surface area contributed by atoms with Gasteiger partial charge in [0.2, 0.25) is 5.91 Å². The normalized spacial score (nSPS) is 23.3. The second-order valence-electron chi connectivity index (χ2n) is 8.68. The van der Waals surface area contributed by atoms with E-state index in [0.717, 1.165) is 18.4 Å². The lowest BCUT2D eigenvalue weighted by molar-refractivity contribution is -0.147. The van der Waals surface area contributed by atoms with Crippen LogP contribution in [0.5, 0.6) is 0 Å². The van der Waals surface area contributed by atoms with Crippen LogP contribution in [-0.2, 0) is 14.3 Å². The molecule has 1 aliphatic rings. The zero-order chi connectivity index (χ0) is 19.3. The zero-order valence-electron chi connectivity index (χ0n) is 16.7. The smallest absolute Gasteiger partial charge is 0.303 e. The summed E-state index contributed by atoms with van der Waals surface area (Å²) in [4.78, 5) is 24.4. The molecule has 1 amide bonds. The third-order valence-corrected chi connectivity index (χ3v) is 5.58. The summed E-state index contributed by atoms with van der Waals surface area (Å²) in [6.07, 6.45) is 2.71. The Kier molecular flexibility index (Phi) is 6.85. The minimum absolute atomic E-state index is 0.0208. The molecule has 1 aromatic rings. The molecule has 1 aliphatic carbocycles. The Morgan fingerprint density at radius 1 is 1.23 bits per heavy atom. The van der Waals surface area contributed by atoms with Crippen molar-refractivity contribution in [1.82, 2.24) is 5.32 Å². The summed E-state index contributed by atoms with van der Waals surface area (Å²) in [7, 11) is 0. The van der Waals surface area contributed by atoms with Gasteiger partial charge in [-0.2, -0.15) is 0 Å². The van der Waals surface area contributed by atoms with Gasteiger partial charge < -0.3 is 10.1 Å². The number of amides is 1. The van der Waals surface area contributed by atoms with Crippen molar-refractivity contribution in [1.29, 1.82) is 0 Å². The lowest BCUT2D eigenvalue weighted by Gasteiger charge is -2.41. The van der Waals surface area contributed by atoms with Gasteiger partial charge in [-0.05, 0) is 42.1 Å². The maximum absolute atomic E-state index is 13.0. The summed E-state index contributed by atoms with van der Waals surface area (Å²) in [6.45, 7) is 10.6. The molecular weight excluding hydrogens is 326 g/mol. The Hall–Kier alpha value is -1.84. The molecule has 0 aliphatic heterocycles. The van der Waals surface area contributed by atoms with E-state index in [-0.39, 0.29) is 23.2 Å². The van der Waals surface area contributed by atoms with E-state index in [1.807, 2.05) is 30.3 Å². The van der Waals surface area contributed by atoms with Crippen molar-refractivity contribution in [3.8, 4) is 0 Å². The maximum Gasteiger partial charge on any atom is 0.303 e. The highest BCUT2D eigenvalue weighted by atomic mass is 16.5. The highest BCUT2D eigenvalue weighted by Crippen LogP contribution is 2.44. The van der Waals surface area contributed by atoms with Crippen molar-refractivity contribution in [2.75, 3.05) is 6.54 Å². The number of benzene rings is 1. The highest BCUT2D eigenvalue weighted by Gasteiger charge is 2.40. The molecule has 1 N–H and O–H groups in total. The van der Waals surface area contributed by atoms with Gasteiger partial charge in [-0.3, -0.25) is 9.59 Å². The van der Waals surface area contributed by atoms with E-state index in [4.69, 9.17) is 4.74 Å². The van der Waals surface area contributed by atoms with Crippen molar-refractivity contribution in [3.05, 3.63) is 35.9 Å². The second kappa shape index (κ2) is 8.70. The van der Waals surface area contributed by atoms with Crippen molar-refractivity contribution >= 4 is 11.9 Å². The largest absolute Gasteiger partial charge is 0.456 e. The SMILES string of the molecule is CC(=O)OC(CNC(=O)C1CC(C)(C)CC[C@@H]1C(C)C)c1ccccc1. The molecule has 2 rings (SSSR count). The fraction of sp³-hybridized carbons (Fsp3) is 0.636. The van der Waals surface area contributed by atoms with Crippen LogP contribution in [-0.4, -0.2) is 18.4 Å². The molecule has 4 heteroatoms. The Labute approximate surface area is 157 Å². The molecule has 26 heavy (non-hydrogen) atoms. The van der Waals surface area contributed by atoms with Gasteiger partial charge in [-0.25, -0.2) is 0 Å². The number of ether oxygens (including phenoxy) is 1. The Balaban J connectivity index is 2.06. The minimum Gasteiger partial charge on any atom is -0.456 e. The zero-order valence-corrected chi connectivity index (χ0v) is 16.7. The average molecular weight is 360 g/mol. The molecule has 2 unspecified atom stereocenters. The summed E-state index contributed by atoms with van der Waals surface area (Å²) < 4.78 is 5.44. The molecule has 0 heterocycles. The number of rotatable bonds is 6. The molecule has 0 spiro atoms. The van der Waals surface area contributed by atoms with E-state index in [0.29, 0.717) is 18.4 Å². The number of hydrogen-bond acceptors (Lipinski definition) is 3. The summed E-state index contributed by atoms with van der Waals surface area (Å²) in [5, 5.41) is 3.06. The molecule has 0 saturated heterocycles. The van der Waals surface area contributed by atoms with Gasteiger partial charge in [0.15, 0.2) is 0 Å². The fourth-order valence-corrected chi connectivity index (χ4v) is 4.11. The highest BCUT2D eigenvalue weighted by molar-refractivity contribution is 5.79. The molecule has 1 fully saturated rings. The number of hydrogen-bond donors (Lipinski definition) is 1. The van der Waals surface area contributed by atoms with E-state index in [1.54, 1.807) is 0 Å². The number of nitrogens with one attached hydrogen (secondary N) is 1. The van der Waals surface area contributed by atoms with Gasteiger partial charge in [0, 0.05) is 12.8 Å². The first-order valence-corrected chi connectivity index (χ1v) is 9.69. The predicted molar refractivity (Wildman–Crippen MR) is 103 cm³/mol. The Bertz CT molecular complexity index is 609. The topological polar surface area (TPSA) is 55.4 Å². The lowest BCUT2D eigenvalue weighted by atomic mass is 9.64. The molecule has 144 valence electrons. The minimum atomic E-state index is -0.452. The van der Waals surface area contributed by atoms with E-state index in [1.165, 1.54) is 13.3 Å². The number of carbonyl (C=O) groups excluding carboxylic acids is 2. The Morgan fingerprint density at radius 3 is 2.46 bits per heavy atom. The third-order valence-electron chi connectivity index (χ3n) is 5.58. The second-order valence-corrected chi connectivity index (χ2v) is 8.68. The van der Waals surface area contributed by atoms with Crippen LogP contribution >= 0.6 is 0 Å². The van der Waals surface area contributed by atoms with Crippen molar-refractivity contribution in [3.63, 3.8) is 0 Å². The average Bonchev–Trinajstić information content (AvgIpc) is 2.57. The van der Waals surface area contributed by atoms with Crippen molar-refractivity contribution in [2.45, 2.75) is 60.0 Å². The van der Waals surface area contributed by atoms with Crippen LogP contribution < -0.4 is 5.32 Å². The molecular formula is C22H33NO3. The summed E-state index contributed by atoms with van der Waals surface area (Å²) >= 11 is 0. The monoisotopic (exact) mass is 359 g/mol. The first-order chi connectivity index (χ1) is 12.2. The molecule has 1 aromatic carbocycles. The van der Waals surface area contributed by atoms with Gasteiger partial charge in [0.25, 0.3) is 0 Å². The number of carbonyl (C=O) groups is 2. The first-order valence-electron chi connectivity index (χ1n) is 9.69. The molecule has 4 nitrogen and oxygen atoms in total. The third kappa shape index (κ3) is 5.58. The Morgan fingerprint density at radius 2 is 1.88 bits per heavy atom. The van der Waals surface area contributed by atoms with Crippen LogP contribution in [0.25, 0.3) is 0 Å². The fourth-order valence-electron chi connectivity index (χ4n) is 4.11. The van der Waals surface area contributed by atoms with E-state index in [9.17, 15) is 9.59 Å². The summed E-state index contributed by atoms with van der Waals surface area (Å²) in [5.74, 6) is 0.663. The van der Waals surface area contributed by atoms with Gasteiger partial charge >= 0.3 is 5.97 Å². The quantitative estimate of drug-likeness (QED) is 0.761. The van der Waals surface area contributed by atoms with E-state index < -0.39 is 6.10 Å². The van der Waals surface area contributed by atoms with Crippen LogP contribution in [0.15, 0.2) is 30.3 Å². The lowest BCUT2D eigenvalue weighted by Crippen LogP contribution is -2.43.